The fraction of sp³-hybridized carbons (Fsp3) is 0.727. The Morgan fingerprint density at radius 3 is 2.93 bits per heavy atom. The van der Waals surface area contributed by atoms with Gasteiger partial charge in [-0.1, -0.05) is 5.16 Å². The third kappa shape index (κ3) is 2.79. The van der Waals surface area contributed by atoms with Gasteiger partial charge in [0.1, 0.15) is 0 Å². The molecule has 3 N–H and O–H groups in total. The van der Waals surface area contributed by atoms with Crippen molar-refractivity contribution >= 4 is 0 Å². The van der Waals surface area contributed by atoms with Gasteiger partial charge in [0.05, 0.1) is 12.2 Å². The van der Waals surface area contributed by atoms with Gasteiger partial charge in [-0.05, 0) is 32.6 Å². The highest BCUT2D eigenvalue weighted by Gasteiger charge is 2.37. The molecule has 0 saturated heterocycles. The highest BCUT2D eigenvalue weighted by molar-refractivity contribution is 5.03. The molecule has 15 heavy (non-hydrogen) atoms. The lowest BCUT2D eigenvalue weighted by molar-refractivity contribution is 0.343. The van der Waals surface area contributed by atoms with Gasteiger partial charge in [-0.3, -0.25) is 0 Å². The Kier molecular flexibility index (Phi) is 2.80. The maximum Gasteiger partial charge on any atom is 0.150 e. The van der Waals surface area contributed by atoms with Gasteiger partial charge in [0, 0.05) is 18.2 Å². The van der Waals surface area contributed by atoms with Crippen LogP contribution in [0.5, 0.6) is 0 Å². The van der Waals surface area contributed by atoms with Crippen LogP contribution in [0.1, 0.15) is 31.2 Å². The van der Waals surface area contributed by atoms with E-state index in [1.165, 1.54) is 12.8 Å². The van der Waals surface area contributed by atoms with E-state index in [2.05, 4.69) is 17.4 Å². The molecule has 0 amide bonds. The molecule has 1 atom stereocenters. The van der Waals surface area contributed by atoms with Crippen molar-refractivity contribution in [2.45, 2.75) is 38.8 Å². The molecule has 1 saturated carbocycles. The Bertz CT molecular complexity index is 328. The second-order valence-corrected chi connectivity index (χ2v) is 4.82. The molecule has 0 aromatic carbocycles. The average Bonchev–Trinajstić information content (AvgIpc) is 2.92. The fourth-order valence-corrected chi connectivity index (χ4v) is 1.84. The predicted molar refractivity (Wildman–Crippen MR) is 58.3 cm³/mol. The van der Waals surface area contributed by atoms with E-state index < -0.39 is 0 Å². The maximum atomic E-state index is 6.18. The van der Waals surface area contributed by atoms with Gasteiger partial charge in [0.15, 0.2) is 5.76 Å². The van der Waals surface area contributed by atoms with Gasteiger partial charge < -0.3 is 15.6 Å². The standard InChI is InChI=1S/C11H19N3O/c1-8-5-10(15-14-8)6-13-7-11(2,12)9-3-4-9/h5,9,13H,3-4,6-7,12H2,1-2H3. The zero-order valence-electron chi connectivity index (χ0n) is 9.42. The molecular weight excluding hydrogens is 190 g/mol. The van der Waals surface area contributed by atoms with Crippen molar-refractivity contribution in [1.82, 2.24) is 10.5 Å². The van der Waals surface area contributed by atoms with Crippen molar-refractivity contribution in [3.63, 3.8) is 0 Å². The Balaban J connectivity index is 1.74. The molecular formula is C11H19N3O. The molecule has 0 aliphatic heterocycles. The number of hydrogen-bond acceptors (Lipinski definition) is 4. The van der Waals surface area contributed by atoms with Crippen LogP contribution in [-0.4, -0.2) is 17.2 Å². The average molecular weight is 209 g/mol. The largest absolute Gasteiger partial charge is 0.360 e. The smallest absolute Gasteiger partial charge is 0.150 e. The van der Waals surface area contributed by atoms with E-state index >= 15 is 0 Å². The van der Waals surface area contributed by atoms with Crippen LogP contribution >= 0.6 is 0 Å². The molecule has 1 fully saturated rings. The Morgan fingerprint density at radius 2 is 2.40 bits per heavy atom. The lowest BCUT2D eigenvalue weighted by atomic mass is 9.97. The number of nitrogens with one attached hydrogen (secondary N) is 1. The summed E-state index contributed by atoms with van der Waals surface area (Å²) in [6.45, 7) is 5.57. The minimum atomic E-state index is -0.0743. The zero-order chi connectivity index (χ0) is 10.9. The van der Waals surface area contributed by atoms with Gasteiger partial charge in [-0.2, -0.15) is 0 Å². The molecule has 0 radical (unpaired) electrons. The van der Waals surface area contributed by atoms with Crippen LogP contribution in [0.2, 0.25) is 0 Å². The topological polar surface area (TPSA) is 64.1 Å². The maximum absolute atomic E-state index is 6.18. The van der Waals surface area contributed by atoms with Crippen molar-refractivity contribution in [2.24, 2.45) is 11.7 Å². The summed E-state index contributed by atoms with van der Waals surface area (Å²) >= 11 is 0. The number of nitrogens with zero attached hydrogens (tertiary/aromatic N) is 1. The first-order valence-corrected chi connectivity index (χ1v) is 5.50. The fourth-order valence-electron chi connectivity index (χ4n) is 1.84. The Hall–Kier alpha value is -0.870. The van der Waals surface area contributed by atoms with Crippen LogP contribution in [0, 0.1) is 12.8 Å². The molecule has 4 heteroatoms. The summed E-state index contributed by atoms with van der Waals surface area (Å²) in [6, 6.07) is 1.94. The van der Waals surface area contributed by atoms with E-state index in [-0.39, 0.29) is 5.54 Å². The van der Waals surface area contributed by atoms with Crippen molar-refractivity contribution in [1.29, 1.82) is 0 Å². The van der Waals surface area contributed by atoms with Gasteiger partial charge in [0.2, 0.25) is 0 Å². The molecule has 4 nitrogen and oxygen atoms in total. The first-order chi connectivity index (χ1) is 7.08. The minimum Gasteiger partial charge on any atom is -0.360 e. The Morgan fingerprint density at radius 1 is 1.67 bits per heavy atom. The number of rotatable bonds is 5. The molecule has 84 valence electrons. The highest BCUT2D eigenvalue weighted by Crippen LogP contribution is 2.37. The lowest BCUT2D eigenvalue weighted by Crippen LogP contribution is -2.47. The van der Waals surface area contributed by atoms with Crippen LogP contribution in [0.3, 0.4) is 0 Å². The van der Waals surface area contributed by atoms with Crippen molar-refractivity contribution in [3.8, 4) is 0 Å². The molecule has 1 unspecified atom stereocenters. The first kappa shape index (κ1) is 10.6. The molecule has 1 aromatic heterocycles. The first-order valence-electron chi connectivity index (χ1n) is 5.50. The van der Waals surface area contributed by atoms with E-state index in [4.69, 9.17) is 10.3 Å². The van der Waals surface area contributed by atoms with Crippen molar-refractivity contribution in [2.75, 3.05) is 6.54 Å². The lowest BCUT2D eigenvalue weighted by Gasteiger charge is -2.24. The van der Waals surface area contributed by atoms with Gasteiger partial charge in [-0.25, -0.2) is 0 Å². The van der Waals surface area contributed by atoms with Crippen molar-refractivity contribution < 1.29 is 4.52 Å². The summed E-state index contributed by atoms with van der Waals surface area (Å²) in [4.78, 5) is 0. The summed E-state index contributed by atoms with van der Waals surface area (Å²) in [6.07, 6.45) is 2.55. The summed E-state index contributed by atoms with van der Waals surface area (Å²) < 4.78 is 5.10. The van der Waals surface area contributed by atoms with Gasteiger partial charge in [0.25, 0.3) is 0 Å². The normalized spacial score (nSPS) is 20.2. The molecule has 0 spiro atoms. The van der Waals surface area contributed by atoms with E-state index in [1.807, 2.05) is 13.0 Å². The SMILES string of the molecule is Cc1cc(CNCC(C)(N)C2CC2)on1. The van der Waals surface area contributed by atoms with Crippen LogP contribution in [0.25, 0.3) is 0 Å². The monoisotopic (exact) mass is 209 g/mol. The Labute approximate surface area is 90.2 Å². The summed E-state index contributed by atoms with van der Waals surface area (Å²) in [7, 11) is 0. The molecule has 0 bridgehead atoms. The molecule has 1 aromatic rings. The van der Waals surface area contributed by atoms with Gasteiger partial charge in [-0.15, -0.1) is 0 Å². The summed E-state index contributed by atoms with van der Waals surface area (Å²) in [5.41, 5.74) is 7.03. The molecule has 1 aliphatic rings. The highest BCUT2D eigenvalue weighted by atomic mass is 16.5. The molecule has 2 rings (SSSR count). The quantitative estimate of drug-likeness (QED) is 0.765. The summed E-state index contributed by atoms with van der Waals surface area (Å²) in [5, 5.41) is 7.15. The van der Waals surface area contributed by atoms with Gasteiger partial charge >= 0.3 is 0 Å². The van der Waals surface area contributed by atoms with Crippen LogP contribution in [0.15, 0.2) is 10.6 Å². The zero-order valence-corrected chi connectivity index (χ0v) is 9.42. The minimum absolute atomic E-state index is 0.0743. The molecule has 1 heterocycles. The van der Waals surface area contributed by atoms with Crippen LogP contribution in [0.4, 0.5) is 0 Å². The second-order valence-electron chi connectivity index (χ2n) is 4.82. The number of aryl methyl sites for hydroxylation is 1. The second kappa shape index (κ2) is 3.94. The van der Waals surface area contributed by atoms with E-state index in [9.17, 15) is 0 Å². The van der Waals surface area contributed by atoms with Crippen LogP contribution < -0.4 is 11.1 Å². The van der Waals surface area contributed by atoms with E-state index in [0.29, 0.717) is 12.5 Å². The summed E-state index contributed by atoms with van der Waals surface area (Å²) in [5.74, 6) is 1.57. The third-order valence-corrected chi connectivity index (χ3v) is 2.99. The number of hydrogen-bond donors (Lipinski definition) is 2. The number of aromatic nitrogens is 1. The van der Waals surface area contributed by atoms with E-state index in [1.54, 1.807) is 0 Å². The number of nitrogens with two attached hydrogens (primary N) is 1. The molecule has 1 aliphatic carbocycles. The van der Waals surface area contributed by atoms with Crippen LogP contribution in [-0.2, 0) is 6.54 Å². The predicted octanol–water partition coefficient (Wildman–Crippen LogP) is 1.20. The third-order valence-electron chi connectivity index (χ3n) is 2.99. The van der Waals surface area contributed by atoms with Crippen molar-refractivity contribution in [3.05, 3.63) is 17.5 Å². The van der Waals surface area contributed by atoms with E-state index in [0.717, 1.165) is 18.0 Å².